The summed E-state index contributed by atoms with van der Waals surface area (Å²) in [6.07, 6.45) is 4.18. The van der Waals surface area contributed by atoms with Gasteiger partial charge in [-0.25, -0.2) is 0 Å². The summed E-state index contributed by atoms with van der Waals surface area (Å²) in [6.45, 7) is 16.3. The number of rotatable bonds is 46. The third-order valence-corrected chi connectivity index (χ3v) is 19.2. The number of carbonyl (C=O) groups is 11. The monoisotopic (exact) mass is 1600 g/mol. The van der Waals surface area contributed by atoms with Crippen LogP contribution in [0.3, 0.4) is 0 Å². The molecule has 34 heteroatoms. The van der Waals surface area contributed by atoms with Gasteiger partial charge in [-0.1, -0.05) is 111 Å². The van der Waals surface area contributed by atoms with Gasteiger partial charge < -0.3 is 101 Å². The number of aliphatic hydroxyl groups is 1. The highest BCUT2D eigenvalue weighted by atomic mass is 35.5. The number of benzene rings is 4. The molecule has 0 bridgehead atoms. The van der Waals surface area contributed by atoms with Gasteiger partial charge in [-0.15, -0.1) is 0 Å². The first-order valence-electron chi connectivity index (χ1n) is 39.4. The largest absolute Gasteiger partial charge is 0.394 e. The number of likely N-dealkylation sites (tertiary alicyclic amines) is 1. The third kappa shape index (κ3) is 30.4. The van der Waals surface area contributed by atoms with Crippen LogP contribution in [0, 0.1) is 5.92 Å². The van der Waals surface area contributed by atoms with E-state index in [1.54, 1.807) is 42.6 Å². The molecule has 5 aromatic rings. The van der Waals surface area contributed by atoms with E-state index < -0.39 is 132 Å². The molecule has 0 spiro atoms. The van der Waals surface area contributed by atoms with Gasteiger partial charge in [-0.05, 0) is 144 Å². The van der Waals surface area contributed by atoms with Crippen molar-refractivity contribution in [3.63, 3.8) is 0 Å². The van der Waals surface area contributed by atoms with Crippen molar-refractivity contribution in [3.05, 3.63) is 119 Å². The summed E-state index contributed by atoms with van der Waals surface area (Å²) in [7, 11) is 0. The first kappa shape index (κ1) is 91.8. The van der Waals surface area contributed by atoms with Crippen LogP contribution >= 0.6 is 11.6 Å². The minimum atomic E-state index is -1.80. The molecule has 2 heterocycles. The Kier molecular flexibility index (Phi) is 38.7. The van der Waals surface area contributed by atoms with Crippen LogP contribution in [0.15, 0.2) is 112 Å². The van der Waals surface area contributed by atoms with E-state index in [-0.39, 0.29) is 95.7 Å². The molecule has 4 aromatic carbocycles. The number of fused-ring (bicyclic) bond motifs is 2. The standard InChI is InChI=1S/C80H118ClN21O12/c1-9-85-79(86-10-2)90-37-19-13-14-27-59(94-50(8)104)69(106)98-63(43-51-32-35-56(81)36-33-51)72(109)100-65(45-55-46-92-58-26-18-17-25-57(55)58)74(111)101-66(47-103)75(112)95-60(28-20-39-91-80(87-11-3)88-12-4)70(107)99-64(44-52-31-34-53-23-15-16-24-54(53)42-52)73(110)97-62(41-48(5)6)71(108)96-61(29-21-38-89-78(83)84)77(114)102-40-22-30-67(102)76(113)93-49(7)68(82)105/h15-18,23-26,31-36,42,46,48-49,59-67,92,103H,9-14,19-22,27-30,37-41,43-45,47H2,1-8H3,(H2,82,105)(H,93,113)(H,94,104)(H,95,112)(H,96,108)(H,97,110)(H,98,106)(H,99,107)(H,100,109)(H,101,111)(H4,83,84,89)(H2,85,86,90)(H2,87,88,91)/t49-,59-,60+,61+,62+,63-,64-,65-,66+,67+/m1/s1. The molecule has 0 unspecified atom stereocenters. The van der Waals surface area contributed by atoms with Crippen molar-refractivity contribution in [1.82, 2.24) is 79.0 Å². The second kappa shape index (κ2) is 48.1. The van der Waals surface area contributed by atoms with Gasteiger partial charge in [0.15, 0.2) is 17.9 Å². The van der Waals surface area contributed by atoms with Crippen molar-refractivity contribution in [3.8, 4) is 0 Å². The average Bonchev–Trinajstić information content (AvgIpc) is 1.75. The Labute approximate surface area is 671 Å². The third-order valence-electron chi connectivity index (χ3n) is 19.0. The predicted octanol–water partition coefficient (Wildman–Crippen LogP) is 1.46. The molecule has 10 atom stereocenters. The molecule has 622 valence electrons. The zero-order valence-electron chi connectivity index (χ0n) is 66.7. The van der Waals surface area contributed by atoms with Crippen LogP contribution in [-0.4, -0.2) is 217 Å². The molecule has 0 saturated carbocycles. The molecule has 1 saturated heterocycles. The number of aromatic nitrogens is 1. The smallest absolute Gasteiger partial charge is 0.245 e. The maximum atomic E-state index is 15.4. The van der Waals surface area contributed by atoms with Crippen molar-refractivity contribution in [2.45, 2.75) is 206 Å². The van der Waals surface area contributed by atoms with Gasteiger partial charge in [0.1, 0.15) is 60.4 Å². The van der Waals surface area contributed by atoms with E-state index in [0.29, 0.717) is 103 Å². The zero-order chi connectivity index (χ0) is 83.2. The van der Waals surface area contributed by atoms with Gasteiger partial charge >= 0.3 is 0 Å². The number of nitrogens with zero attached hydrogens (tertiary/aromatic N) is 4. The molecule has 0 aliphatic carbocycles. The lowest BCUT2D eigenvalue weighted by Gasteiger charge is -2.31. The van der Waals surface area contributed by atoms with Gasteiger partial charge in [-0.2, -0.15) is 0 Å². The Morgan fingerprint density at radius 3 is 1.57 bits per heavy atom. The lowest BCUT2D eigenvalue weighted by Crippen LogP contribution is -2.61. The lowest BCUT2D eigenvalue weighted by atomic mass is 9.98. The Hall–Kier alpha value is -11.1. The van der Waals surface area contributed by atoms with Gasteiger partial charge in [-0.3, -0.25) is 67.7 Å². The SMILES string of the molecule is CCNC(=NCCCCC[C@@H](NC(C)=O)C(=O)N[C@H](Cc1ccc(Cl)cc1)C(=O)N[C@H](Cc1c[nH]c2ccccc12)C(=O)N[C@@H](CO)C(=O)N[C@@H](CCCN=C(NCC)NCC)C(=O)N[C@H](Cc1ccc2ccccc2c1)C(=O)N[C@@H](CC(C)C)C(=O)N[C@@H](CCCN=C(N)N)C(=O)N1CCC[C@H]1C(=O)N[C@H](C)C(N)=O)NCC. The van der Waals surface area contributed by atoms with Gasteiger partial charge in [0.05, 0.1) is 6.61 Å². The molecule has 114 heavy (non-hydrogen) atoms. The maximum Gasteiger partial charge on any atom is 0.245 e. The van der Waals surface area contributed by atoms with Crippen molar-refractivity contribution in [1.29, 1.82) is 0 Å². The van der Waals surface area contributed by atoms with E-state index in [4.69, 9.17) is 28.8 Å². The van der Waals surface area contributed by atoms with Crippen LogP contribution in [-0.2, 0) is 72.0 Å². The molecule has 6 rings (SSSR count). The summed E-state index contributed by atoms with van der Waals surface area (Å²) < 4.78 is 0. The molecule has 1 aliphatic rings. The normalized spacial score (nSPS) is 14.8. The Morgan fingerprint density at radius 1 is 0.518 bits per heavy atom. The minimum absolute atomic E-state index is 0.00864. The van der Waals surface area contributed by atoms with Gasteiger partial charge in [0, 0.05) is 101 Å². The fourth-order valence-corrected chi connectivity index (χ4v) is 13.3. The first-order valence-corrected chi connectivity index (χ1v) is 39.8. The fourth-order valence-electron chi connectivity index (χ4n) is 13.2. The number of hydrogen-bond acceptors (Lipinski definition) is 15. The second-order valence-corrected chi connectivity index (χ2v) is 29.1. The summed E-state index contributed by atoms with van der Waals surface area (Å²) >= 11 is 6.30. The Bertz CT molecular complexity index is 4100. The number of hydrogen-bond donors (Lipinski definition) is 18. The molecule has 33 nitrogen and oxygen atoms in total. The van der Waals surface area contributed by atoms with Crippen LogP contribution < -0.4 is 86.3 Å². The maximum absolute atomic E-state index is 15.4. The lowest BCUT2D eigenvalue weighted by molar-refractivity contribution is -0.142. The molecular weight excluding hydrogens is 1480 g/mol. The number of carbonyl (C=O) groups excluding carboxylic acids is 11. The Morgan fingerprint density at radius 2 is 0.991 bits per heavy atom. The van der Waals surface area contributed by atoms with E-state index >= 15 is 19.2 Å². The van der Waals surface area contributed by atoms with Gasteiger partial charge in [0.25, 0.3) is 0 Å². The first-order chi connectivity index (χ1) is 54.6. The number of aliphatic imine (C=N–C) groups is 3. The minimum Gasteiger partial charge on any atom is -0.394 e. The number of unbranched alkanes of at least 4 members (excludes halogenated alkanes) is 2. The number of amides is 11. The van der Waals surface area contributed by atoms with E-state index in [9.17, 15) is 38.7 Å². The summed E-state index contributed by atoms with van der Waals surface area (Å²) in [6, 6.07) is 13.4. The Balaban J connectivity index is 1.32. The summed E-state index contributed by atoms with van der Waals surface area (Å²) in [4.78, 5) is 176. The van der Waals surface area contributed by atoms with Crippen LogP contribution in [0.5, 0.6) is 0 Å². The number of halogens is 1. The van der Waals surface area contributed by atoms with E-state index in [1.165, 1.54) is 18.7 Å². The summed E-state index contributed by atoms with van der Waals surface area (Å²) in [5.41, 5.74) is 19.1. The second-order valence-electron chi connectivity index (χ2n) is 28.6. The van der Waals surface area contributed by atoms with Crippen molar-refractivity contribution >= 4 is 116 Å². The van der Waals surface area contributed by atoms with E-state index in [2.05, 4.69) is 89.1 Å². The number of para-hydroxylation sites is 1. The number of nitrogens with two attached hydrogens (primary N) is 3. The van der Waals surface area contributed by atoms with Crippen molar-refractivity contribution in [2.75, 3.05) is 59.0 Å². The van der Waals surface area contributed by atoms with E-state index in [1.807, 2.05) is 96.1 Å². The fraction of sp³-hybridized carbons (Fsp3) is 0.525. The highest BCUT2D eigenvalue weighted by Gasteiger charge is 2.40. The van der Waals surface area contributed by atoms with Crippen LogP contribution in [0.2, 0.25) is 5.02 Å². The van der Waals surface area contributed by atoms with Crippen LogP contribution in [0.25, 0.3) is 21.7 Å². The van der Waals surface area contributed by atoms with Crippen LogP contribution in [0.4, 0.5) is 0 Å². The number of nitrogens with one attached hydrogen (secondary N) is 14. The molecule has 1 fully saturated rings. The zero-order valence-corrected chi connectivity index (χ0v) is 67.4. The molecule has 11 amide bonds. The molecule has 21 N–H and O–H groups in total. The molecule has 1 aromatic heterocycles. The average molecular weight is 1600 g/mol. The topological polar surface area (TPSA) is 499 Å². The van der Waals surface area contributed by atoms with Gasteiger partial charge in [0.2, 0.25) is 65.0 Å². The van der Waals surface area contributed by atoms with Crippen molar-refractivity contribution in [2.24, 2.45) is 38.1 Å². The van der Waals surface area contributed by atoms with Crippen LogP contribution in [0.1, 0.15) is 143 Å². The quantitative estimate of drug-likeness (QED) is 0.0149. The number of primary amides is 1. The number of aliphatic hydroxyl groups excluding tert-OH is 1. The highest BCUT2D eigenvalue weighted by Crippen LogP contribution is 2.24. The molecule has 0 radical (unpaired) electrons. The number of aromatic amines is 1. The number of H-pyrrole nitrogens is 1. The number of guanidine groups is 3. The highest BCUT2D eigenvalue weighted by molar-refractivity contribution is 6.30. The predicted molar refractivity (Wildman–Crippen MR) is 441 cm³/mol. The summed E-state index contributed by atoms with van der Waals surface area (Å²) in [5, 5.41) is 51.5. The van der Waals surface area contributed by atoms with Crippen molar-refractivity contribution < 1.29 is 57.8 Å². The molecular formula is C80H118ClN21O12. The molecule has 1 aliphatic heterocycles. The van der Waals surface area contributed by atoms with E-state index in [0.717, 1.165) is 10.8 Å². The summed E-state index contributed by atoms with van der Waals surface area (Å²) in [5.74, 6) is -7.76.